The van der Waals surface area contributed by atoms with Crippen LogP contribution < -0.4 is 21.7 Å². The first-order valence-corrected chi connectivity index (χ1v) is 11.6. The number of thioether (sulfide) groups is 1. The molecule has 180 valence electrons. The molecule has 2 N–H and O–H groups in total. The first-order valence-electron chi connectivity index (χ1n) is 10.6. The fourth-order valence-corrected chi connectivity index (χ4v) is 4.44. The van der Waals surface area contributed by atoms with Gasteiger partial charge in [0.2, 0.25) is 0 Å². The fourth-order valence-electron chi connectivity index (χ4n) is 3.62. The van der Waals surface area contributed by atoms with Crippen LogP contribution in [-0.2, 0) is 14.1 Å². The number of aromatic nitrogens is 5. The van der Waals surface area contributed by atoms with Crippen LogP contribution in [-0.4, -0.2) is 42.5 Å². The van der Waals surface area contributed by atoms with Crippen molar-refractivity contribution in [2.45, 2.75) is 12.1 Å². The van der Waals surface area contributed by atoms with Gasteiger partial charge in [-0.1, -0.05) is 41.6 Å². The minimum absolute atomic E-state index is 0.131. The smallest absolute Gasteiger partial charge is 0.332 e. The van der Waals surface area contributed by atoms with Crippen molar-refractivity contribution in [3.05, 3.63) is 80.5 Å². The topological polar surface area (TPSA) is 127 Å². The minimum Gasteiger partial charge on any atom is -0.496 e. The predicted molar refractivity (Wildman–Crippen MR) is 134 cm³/mol. The molecule has 11 heteroatoms. The molecule has 2 heterocycles. The average Bonchev–Trinajstić information content (AvgIpc) is 3.29. The number of nitrogens with zero attached hydrogens (tertiary/aromatic N) is 5. The average molecular weight is 493 g/mol. The summed E-state index contributed by atoms with van der Waals surface area (Å²) >= 11 is 1.12. The Morgan fingerprint density at radius 3 is 2.40 bits per heavy atom. The number of para-hydroxylation sites is 1. The van der Waals surface area contributed by atoms with Crippen LogP contribution in [0, 0.1) is 6.92 Å². The van der Waals surface area contributed by atoms with Crippen molar-refractivity contribution >= 4 is 23.4 Å². The lowest BCUT2D eigenvalue weighted by molar-refractivity contribution is 0.102. The van der Waals surface area contributed by atoms with E-state index in [1.807, 2.05) is 60.0 Å². The molecule has 0 spiro atoms. The van der Waals surface area contributed by atoms with Gasteiger partial charge in [-0.05, 0) is 31.2 Å². The number of hydrogen-bond acceptors (Lipinski definition) is 8. The number of benzene rings is 2. The van der Waals surface area contributed by atoms with Gasteiger partial charge in [0.05, 0.1) is 18.4 Å². The normalized spacial score (nSPS) is 11.0. The minimum atomic E-state index is -0.731. The molecule has 0 saturated carbocycles. The third kappa shape index (κ3) is 4.37. The van der Waals surface area contributed by atoms with Crippen molar-refractivity contribution in [1.82, 2.24) is 23.9 Å². The third-order valence-electron chi connectivity index (χ3n) is 5.59. The zero-order valence-corrected chi connectivity index (χ0v) is 20.5. The number of Topliss-reactive ketones (excluding diaryl/α,β-unsaturated/α-hetero) is 1. The van der Waals surface area contributed by atoms with Gasteiger partial charge < -0.3 is 10.5 Å². The molecule has 0 unspecified atom stereocenters. The maximum atomic E-state index is 13.0. The molecule has 0 bridgehead atoms. The predicted octanol–water partition coefficient (Wildman–Crippen LogP) is 2.21. The lowest BCUT2D eigenvalue weighted by Crippen LogP contribution is -2.41. The maximum Gasteiger partial charge on any atom is 0.332 e. The van der Waals surface area contributed by atoms with Gasteiger partial charge in [0.1, 0.15) is 17.1 Å². The molecule has 0 aliphatic carbocycles. The number of nitrogens with two attached hydrogens (primary N) is 1. The van der Waals surface area contributed by atoms with E-state index in [4.69, 9.17) is 10.5 Å². The number of ether oxygens (including phenoxy) is 1. The highest BCUT2D eigenvalue weighted by atomic mass is 32.2. The molecule has 0 fully saturated rings. The molecule has 4 aromatic rings. The second-order valence-corrected chi connectivity index (χ2v) is 8.80. The Bertz CT molecular complexity index is 1540. The zero-order valence-electron chi connectivity index (χ0n) is 19.7. The summed E-state index contributed by atoms with van der Waals surface area (Å²) in [6.45, 7) is 1.99. The molecular formula is C24H24N6O4S. The van der Waals surface area contributed by atoms with E-state index in [2.05, 4.69) is 10.2 Å². The highest BCUT2D eigenvalue weighted by molar-refractivity contribution is 7.99. The van der Waals surface area contributed by atoms with Gasteiger partial charge in [-0.3, -0.25) is 23.3 Å². The molecule has 0 saturated heterocycles. The number of hydrogen-bond donors (Lipinski definition) is 1. The number of methoxy groups -OCH3 is 1. The summed E-state index contributed by atoms with van der Waals surface area (Å²) in [5, 5.41) is 9.16. The van der Waals surface area contributed by atoms with Crippen LogP contribution in [0.25, 0.3) is 17.1 Å². The third-order valence-corrected chi connectivity index (χ3v) is 6.52. The van der Waals surface area contributed by atoms with Crippen molar-refractivity contribution in [2.24, 2.45) is 14.1 Å². The molecule has 0 atom stereocenters. The zero-order chi connectivity index (χ0) is 25.3. The van der Waals surface area contributed by atoms with Crippen molar-refractivity contribution in [3.63, 3.8) is 0 Å². The highest BCUT2D eigenvalue weighted by Gasteiger charge is 2.23. The van der Waals surface area contributed by atoms with Gasteiger partial charge in [-0.15, -0.1) is 10.2 Å². The maximum absolute atomic E-state index is 13.0. The number of rotatable bonds is 7. The molecule has 10 nitrogen and oxygen atoms in total. The number of aryl methyl sites for hydroxylation is 1. The second-order valence-electron chi connectivity index (χ2n) is 7.86. The van der Waals surface area contributed by atoms with Crippen LogP contribution in [0.3, 0.4) is 0 Å². The van der Waals surface area contributed by atoms with Gasteiger partial charge in [0, 0.05) is 19.8 Å². The molecular weight excluding hydrogens is 468 g/mol. The summed E-state index contributed by atoms with van der Waals surface area (Å²) in [5.74, 6) is 0.355. The number of carbonyl (C=O) groups is 1. The van der Waals surface area contributed by atoms with E-state index >= 15 is 0 Å². The Kier molecular flexibility index (Phi) is 6.61. The van der Waals surface area contributed by atoms with E-state index in [1.54, 1.807) is 7.11 Å². The Hall–Kier alpha value is -4.12. The van der Waals surface area contributed by atoms with Crippen LogP contribution in [0.2, 0.25) is 0 Å². The number of nitrogen functional groups attached to an aromatic ring is 1. The Balaban J connectivity index is 1.76. The first-order chi connectivity index (χ1) is 16.7. The van der Waals surface area contributed by atoms with E-state index in [-0.39, 0.29) is 17.1 Å². The quantitative estimate of drug-likeness (QED) is 0.307. The molecule has 0 aliphatic rings. The van der Waals surface area contributed by atoms with Gasteiger partial charge in [0.25, 0.3) is 5.56 Å². The van der Waals surface area contributed by atoms with Crippen LogP contribution in [0.15, 0.2) is 63.3 Å². The molecule has 0 aliphatic heterocycles. The van der Waals surface area contributed by atoms with Crippen molar-refractivity contribution < 1.29 is 9.53 Å². The Morgan fingerprint density at radius 2 is 1.71 bits per heavy atom. The fraction of sp³-hybridized carbons (Fsp3) is 0.208. The standard InChI is InChI=1S/C24H24N6O4S/c1-14-9-11-15(12-10-14)30-21(16-7-5-6-8-18(16)34-4)26-27-23(30)35-13-17(31)19-20(25)28(2)24(33)29(3)22(19)32/h5-12H,13,25H2,1-4H3. The summed E-state index contributed by atoms with van der Waals surface area (Å²) < 4.78 is 9.28. The van der Waals surface area contributed by atoms with E-state index in [9.17, 15) is 14.4 Å². The van der Waals surface area contributed by atoms with E-state index in [0.717, 1.165) is 37.7 Å². The van der Waals surface area contributed by atoms with E-state index in [1.165, 1.54) is 14.1 Å². The van der Waals surface area contributed by atoms with Crippen molar-refractivity contribution in [1.29, 1.82) is 0 Å². The SMILES string of the molecule is COc1ccccc1-c1nnc(SCC(=O)c2c(N)n(C)c(=O)n(C)c2=O)n1-c1ccc(C)cc1. The van der Waals surface area contributed by atoms with Crippen LogP contribution in [0.4, 0.5) is 5.82 Å². The molecule has 0 radical (unpaired) electrons. The van der Waals surface area contributed by atoms with Gasteiger partial charge >= 0.3 is 5.69 Å². The Morgan fingerprint density at radius 1 is 1.03 bits per heavy atom. The van der Waals surface area contributed by atoms with Crippen LogP contribution in [0.5, 0.6) is 5.75 Å². The monoisotopic (exact) mass is 492 g/mol. The van der Waals surface area contributed by atoms with Gasteiger partial charge in [0.15, 0.2) is 16.8 Å². The summed E-state index contributed by atoms with van der Waals surface area (Å²) in [5.41, 5.74) is 7.01. The largest absolute Gasteiger partial charge is 0.496 e. The number of ketones is 1. The van der Waals surface area contributed by atoms with Crippen LogP contribution >= 0.6 is 11.8 Å². The van der Waals surface area contributed by atoms with Crippen molar-refractivity contribution in [2.75, 3.05) is 18.6 Å². The molecule has 35 heavy (non-hydrogen) atoms. The molecule has 0 amide bonds. The lowest BCUT2D eigenvalue weighted by Gasteiger charge is -2.13. The van der Waals surface area contributed by atoms with Crippen LogP contribution in [0.1, 0.15) is 15.9 Å². The second kappa shape index (κ2) is 9.63. The van der Waals surface area contributed by atoms with E-state index in [0.29, 0.717) is 16.7 Å². The summed E-state index contributed by atoms with van der Waals surface area (Å²) in [6, 6.07) is 15.3. The highest BCUT2D eigenvalue weighted by Crippen LogP contribution is 2.33. The Labute approximate surface area is 205 Å². The molecule has 4 rings (SSSR count). The summed E-state index contributed by atoms with van der Waals surface area (Å²) in [6.07, 6.45) is 0. The summed E-state index contributed by atoms with van der Waals surface area (Å²) in [7, 11) is 4.30. The first kappa shape index (κ1) is 24.0. The number of anilines is 1. The molecule has 2 aromatic carbocycles. The lowest BCUT2D eigenvalue weighted by atomic mass is 10.1. The van der Waals surface area contributed by atoms with Gasteiger partial charge in [-0.2, -0.15) is 0 Å². The number of carbonyl (C=O) groups excluding carboxylic acids is 1. The van der Waals surface area contributed by atoms with Crippen molar-refractivity contribution in [3.8, 4) is 22.8 Å². The van der Waals surface area contributed by atoms with Gasteiger partial charge in [-0.25, -0.2) is 4.79 Å². The van der Waals surface area contributed by atoms with E-state index < -0.39 is 17.0 Å². The summed E-state index contributed by atoms with van der Waals surface area (Å²) in [4.78, 5) is 37.7. The molecule has 2 aromatic heterocycles.